The van der Waals surface area contributed by atoms with E-state index in [1.165, 1.54) is 6.92 Å². The zero-order chi connectivity index (χ0) is 14.3. The summed E-state index contributed by atoms with van der Waals surface area (Å²) in [5.41, 5.74) is 3.01. The van der Waals surface area contributed by atoms with Crippen LogP contribution in [-0.2, 0) is 0 Å². The highest BCUT2D eigenvalue weighted by Crippen LogP contribution is 2.33. The van der Waals surface area contributed by atoms with Crippen molar-refractivity contribution in [1.82, 2.24) is 0 Å². The van der Waals surface area contributed by atoms with Gasteiger partial charge in [-0.3, -0.25) is 9.59 Å². The van der Waals surface area contributed by atoms with Crippen molar-refractivity contribution in [3.63, 3.8) is 0 Å². The zero-order valence-corrected chi connectivity index (χ0v) is 11.4. The van der Waals surface area contributed by atoms with E-state index in [0.717, 1.165) is 5.69 Å². The minimum Gasteiger partial charge on any atom is -0.353 e. The van der Waals surface area contributed by atoms with Crippen molar-refractivity contribution in [2.24, 2.45) is 0 Å². The van der Waals surface area contributed by atoms with Gasteiger partial charge in [-0.05, 0) is 43.3 Å². The summed E-state index contributed by atoms with van der Waals surface area (Å²) in [6.45, 7) is 1.49. The topological polar surface area (TPSA) is 58.2 Å². The van der Waals surface area contributed by atoms with Gasteiger partial charge in [-0.15, -0.1) is 0 Å². The fourth-order valence-electron chi connectivity index (χ4n) is 2.13. The van der Waals surface area contributed by atoms with E-state index < -0.39 is 0 Å². The fourth-order valence-corrected chi connectivity index (χ4v) is 2.30. The Kier molecular flexibility index (Phi) is 2.95. The van der Waals surface area contributed by atoms with Gasteiger partial charge in [0.2, 0.25) is 0 Å². The first-order valence-electron chi connectivity index (χ1n) is 6.07. The number of carbonyl (C=O) groups is 2. The van der Waals surface area contributed by atoms with Crippen molar-refractivity contribution in [2.75, 3.05) is 10.6 Å². The highest BCUT2D eigenvalue weighted by molar-refractivity contribution is 6.31. The van der Waals surface area contributed by atoms with E-state index in [9.17, 15) is 9.59 Å². The van der Waals surface area contributed by atoms with E-state index in [1.54, 1.807) is 36.4 Å². The second-order valence-electron chi connectivity index (χ2n) is 4.59. The number of amides is 1. The molecular weight excluding hydrogens is 276 g/mol. The van der Waals surface area contributed by atoms with Crippen LogP contribution in [-0.4, -0.2) is 11.7 Å². The van der Waals surface area contributed by atoms with Crippen molar-refractivity contribution in [1.29, 1.82) is 0 Å². The van der Waals surface area contributed by atoms with Gasteiger partial charge in [0, 0.05) is 10.6 Å². The number of rotatable bonds is 1. The Morgan fingerprint density at radius 1 is 1.00 bits per heavy atom. The summed E-state index contributed by atoms with van der Waals surface area (Å²) >= 11 is 5.96. The average Bonchev–Trinajstić information content (AvgIpc) is 2.53. The second-order valence-corrected chi connectivity index (χ2v) is 5.02. The van der Waals surface area contributed by atoms with Crippen LogP contribution in [0.1, 0.15) is 27.6 Å². The van der Waals surface area contributed by atoms with Crippen LogP contribution in [0.4, 0.5) is 17.1 Å². The smallest absolute Gasteiger partial charge is 0.257 e. The lowest BCUT2D eigenvalue weighted by molar-refractivity contribution is 0.101. The summed E-state index contributed by atoms with van der Waals surface area (Å²) < 4.78 is 0. The van der Waals surface area contributed by atoms with E-state index in [0.29, 0.717) is 27.5 Å². The van der Waals surface area contributed by atoms with Gasteiger partial charge in [-0.25, -0.2) is 0 Å². The van der Waals surface area contributed by atoms with Crippen molar-refractivity contribution in [3.05, 3.63) is 52.5 Å². The van der Waals surface area contributed by atoms with E-state index in [1.807, 2.05) is 0 Å². The van der Waals surface area contributed by atoms with Crippen molar-refractivity contribution in [2.45, 2.75) is 6.92 Å². The monoisotopic (exact) mass is 286 g/mol. The van der Waals surface area contributed by atoms with Gasteiger partial charge in [-0.1, -0.05) is 11.6 Å². The molecule has 0 atom stereocenters. The molecule has 4 nitrogen and oxygen atoms in total. The summed E-state index contributed by atoms with van der Waals surface area (Å²) in [5, 5.41) is 6.51. The molecule has 1 amide bonds. The van der Waals surface area contributed by atoms with Gasteiger partial charge >= 0.3 is 0 Å². The SMILES string of the molecule is CC(=O)c1ccc2c(c1)NC(=O)c1ccc(Cl)cc1N2. The largest absolute Gasteiger partial charge is 0.353 e. The number of nitrogens with one attached hydrogen (secondary N) is 2. The Morgan fingerprint density at radius 3 is 2.55 bits per heavy atom. The number of hydrogen-bond donors (Lipinski definition) is 2. The highest BCUT2D eigenvalue weighted by atomic mass is 35.5. The zero-order valence-electron chi connectivity index (χ0n) is 10.7. The van der Waals surface area contributed by atoms with Crippen LogP contribution in [0.25, 0.3) is 0 Å². The number of Topliss-reactive ketones (excluding diaryl/α,β-unsaturated/α-hetero) is 1. The minimum atomic E-state index is -0.233. The van der Waals surface area contributed by atoms with Gasteiger partial charge in [0.25, 0.3) is 5.91 Å². The summed E-state index contributed by atoms with van der Waals surface area (Å²) in [7, 11) is 0. The van der Waals surface area contributed by atoms with Gasteiger partial charge < -0.3 is 10.6 Å². The molecule has 0 spiro atoms. The Hall–Kier alpha value is -2.33. The van der Waals surface area contributed by atoms with Crippen molar-refractivity contribution < 1.29 is 9.59 Å². The first kappa shape index (κ1) is 12.7. The van der Waals surface area contributed by atoms with E-state index >= 15 is 0 Å². The number of carbonyl (C=O) groups excluding carboxylic acids is 2. The number of ketones is 1. The maximum absolute atomic E-state index is 12.2. The lowest BCUT2D eigenvalue weighted by Gasteiger charge is -2.09. The molecule has 3 rings (SSSR count). The number of halogens is 1. The van der Waals surface area contributed by atoms with Crippen LogP contribution in [0, 0.1) is 0 Å². The van der Waals surface area contributed by atoms with Crippen LogP contribution < -0.4 is 10.6 Å². The molecule has 1 aliphatic heterocycles. The van der Waals surface area contributed by atoms with Crippen molar-refractivity contribution in [3.8, 4) is 0 Å². The van der Waals surface area contributed by atoms with Crippen LogP contribution >= 0.6 is 11.6 Å². The van der Waals surface area contributed by atoms with Crippen LogP contribution in [0.2, 0.25) is 5.02 Å². The molecule has 0 unspecified atom stereocenters. The van der Waals surface area contributed by atoms with Crippen LogP contribution in [0.3, 0.4) is 0 Å². The van der Waals surface area contributed by atoms with Gasteiger partial charge in [0.15, 0.2) is 5.78 Å². The number of anilines is 3. The summed E-state index contributed by atoms with van der Waals surface area (Å²) in [4.78, 5) is 23.6. The molecule has 2 aromatic carbocycles. The predicted octanol–water partition coefficient (Wildman–Crippen LogP) is 3.85. The number of benzene rings is 2. The molecule has 0 radical (unpaired) electrons. The molecule has 0 bridgehead atoms. The molecule has 2 N–H and O–H groups in total. The Bertz CT molecular complexity index is 741. The Labute approximate surface area is 120 Å². The third kappa shape index (κ3) is 2.14. The Balaban J connectivity index is 2.12. The minimum absolute atomic E-state index is 0.0492. The number of hydrogen-bond acceptors (Lipinski definition) is 3. The van der Waals surface area contributed by atoms with E-state index in [4.69, 9.17) is 11.6 Å². The standard InChI is InChI=1S/C15H11ClN2O2/c1-8(19)9-2-5-12-14(6-9)18-15(20)11-4-3-10(16)7-13(11)17-12/h2-7,17H,1H3,(H,18,20). The quantitative estimate of drug-likeness (QED) is 0.783. The molecule has 0 saturated carbocycles. The molecular formula is C15H11ClN2O2. The van der Waals surface area contributed by atoms with Crippen LogP contribution in [0.5, 0.6) is 0 Å². The number of fused-ring (bicyclic) bond motifs is 2. The molecule has 1 aliphatic rings. The van der Waals surface area contributed by atoms with E-state index in [-0.39, 0.29) is 11.7 Å². The third-order valence-corrected chi connectivity index (χ3v) is 3.40. The van der Waals surface area contributed by atoms with E-state index in [2.05, 4.69) is 10.6 Å². The van der Waals surface area contributed by atoms with Gasteiger partial charge in [0.05, 0.1) is 22.6 Å². The Morgan fingerprint density at radius 2 is 1.80 bits per heavy atom. The maximum Gasteiger partial charge on any atom is 0.257 e. The summed E-state index contributed by atoms with van der Waals surface area (Å²) in [5.74, 6) is -0.282. The summed E-state index contributed by atoms with van der Waals surface area (Å²) in [6.07, 6.45) is 0. The molecule has 0 fully saturated rings. The maximum atomic E-state index is 12.2. The second kappa shape index (κ2) is 4.65. The molecule has 0 aromatic heterocycles. The third-order valence-electron chi connectivity index (χ3n) is 3.17. The molecule has 2 aromatic rings. The van der Waals surface area contributed by atoms with Gasteiger partial charge in [-0.2, -0.15) is 0 Å². The normalized spacial score (nSPS) is 12.6. The van der Waals surface area contributed by atoms with Gasteiger partial charge in [0.1, 0.15) is 0 Å². The lowest BCUT2D eigenvalue weighted by atomic mass is 10.1. The predicted molar refractivity (Wildman–Crippen MR) is 79.1 cm³/mol. The first-order valence-corrected chi connectivity index (χ1v) is 6.45. The molecule has 0 aliphatic carbocycles. The summed E-state index contributed by atoms with van der Waals surface area (Å²) in [6, 6.07) is 10.2. The highest BCUT2D eigenvalue weighted by Gasteiger charge is 2.19. The average molecular weight is 287 g/mol. The fraction of sp³-hybridized carbons (Fsp3) is 0.0667. The first-order chi connectivity index (χ1) is 9.54. The molecule has 1 heterocycles. The molecule has 20 heavy (non-hydrogen) atoms. The molecule has 100 valence electrons. The van der Waals surface area contributed by atoms with Crippen molar-refractivity contribution >= 4 is 40.4 Å². The molecule has 0 saturated heterocycles. The lowest BCUT2D eigenvalue weighted by Crippen LogP contribution is -2.11. The van der Waals surface area contributed by atoms with Crippen LogP contribution in [0.15, 0.2) is 36.4 Å². The molecule has 5 heteroatoms.